The Hall–Kier alpha value is -2.93. The van der Waals surface area contributed by atoms with Gasteiger partial charge in [-0.3, -0.25) is 4.79 Å². The zero-order chi connectivity index (χ0) is 21.6. The highest BCUT2D eigenvalue weighted by Gasteiger charge is 2.15. The van der Waals surface area contributed by atoms with Gasteiger partial charge in [0.1, 0.15) is 23.2 Å². The van der Waals surface area contributed by atoms with Crippen LogP contribution in [0, 0.1) is 11.3 Å². The third-order valence-electron chi connectivity index (χ3n) is 5.07. The van der Waals surface area contributed by atoms with Crippen LogP contribution in [0.2, 0.25) is 0 Å². The molecule has 1 aromatic carbocycles. The molecule has 2 heterocycles. The van der Waals surface area contributed by atoms with E-state index in [2.05, 4.69) is 5.32 Å². The summed E-state index contributed by atoms with van der Waals surface area (Å²) in [4.78, 5) is 13.8. The highest BCUT2D eigenvalue weighted by molar-refractivity contribution is 7.89. The third kappa shape index (κ3) is 5.79. The quantitative estimate of drug-likeness (QED) is 0.440. The van der Waals surface area contributed by atoms with Crippen molar-refractivity contribution >= 4 is 22.0 Å². The standard InChI is InChI=1S/C21H24N4O4S/c22-15-17(21(26)24-10-13-25-11-2-1-3-12-25)14-18-6-9-20(29-18)16-4-7-19(8-5-16)30(23,27)28/h4-9,14H,1-3,10-13H2,(H,24,26)(H2,23,27,28)/p+1/b17-14+. The average molecular weight is 430 g/mol. The molecule has 1 fully saturated rings. The molecule has 1 amide bonds. The number of carbonyl (C=O) groups excluding carboxylic acids is 1. The summed E-state index contributed by atoms with van der Waals surface area (Å²) in [5.74, 6) is 0.409. The summed E-state index contributed by atoms with van der Waals surface area (Å²) in [6, 6.07) is 11.2. The summed E-state index contributed by atoms with van der Waals surface area (Å²) < 4.78 is 28.4. The van der Waals surface area contributed by atoms with Crippen molar-refractivity contribution in [3.8, 4) is 17.4 Å². The van der Waals surface area contributed by atoms with Gasteiger partial charge < -0.3 is 14.6 Å². The fraction of sp³-hybridized carbons (Fsp3) is 0.333. The first-order chi connectivity index (χ1) is 14.4. The van der Waals surface area contributed by atoms with E-state index in [1.54, 1.807) is 24.3 Å². The summed E-state index contributed by atoms with van der Waals surface area (Å²) >= 11 is 0. The van der Waals surface area contributed by atoms with Gasteiger partial charge in [-0.25, -0.2) is 13.6 Å². The lowest BCUT2D eigenvalue weighted by molar-refractivity contribution is -0.903. The Morgan fingerprint density at radius 3 is 2.50 bits per heavy atom. The fourth-order valence-electron chi connectivity index (χ4n) is 3.44. The van der Waals surface area contributed by atoms with Gasteiger partial charge in [-0.15, -0.1) is 0 Å². The highest BCUT2D eigenvalue weighted by Crippen LogP contribution is 2.24. The number of nitrogens with one attached hydrogen (secondary N) is 2. The molecule has 158 valence electrons. The molecule has 1 saturated heterocycles. The third-order valence-corrected chi connectivity index (χ3v) is 6.00. The molecule has 1 aliphatic rings. The lowest BCUT2D eigenvalue weighted by Gasteiger charge is -2.23. The van der Waals surface area contributed by atoms with Gasteiger partial charge in [0.2, 0.25) is 10.0 Å². The number of likely N-dealkylation sites (tertiary alicyclic amines) is 1. The van der Waals surface area contributed by atoms with Gasteiger partial charge in [-0.1, -0.05) is 0 Å². The zero-order valence-electron chi connectivity index (χ0n) is 16.6. The molecular formula is C21H25N4O4S+. The second-order valence-corrected chi connectivity index (χ2v) is 8.82. The van der Waals surface area contributed by atoms with Gasteiger partial charge >= 0.3 is 0 Å². The van der Waals surface area contributed by atoms with Gasteiger partial charge in [0.15, 0.2) is 0 Å². The van der Waals surface area contributed by atoms with E-state index >= 15 is 0 Å². The summed E-state index contributed by atoms with van der Waals surface area (Å²) in [5.41, 5.74) is 0.614. The summed E-state index contributed by atoms with van der Waals surface area (Å²) in [6.45, 7) is 3.63. The van der Waals surface area contributed by atoms with E-state index in [4.69, 9.17) is 9.56 Å². The second kappa shape index (κ2) is 9.71. The van der Waals surface area contributed by atoms with Crippen molar-refractivity contribution in [1.29, 1.82) is 5.26 Å². The van der Waals surface area contributed by atoms with Crippen LogP contribution in [0.4, 0.5) is 0 Å². The molecule has 0 unspecified atom stereocenters. The molecule has 8 nitrogen and oxygen atoms in total. The minimum atomic E-state index is -3.76. The first-order valence-electron chi connectivity index (χ1n) is 9.83. The normalized spacial score (nSPS) is 15.5. The van der Waals surface area contributed by atoms with Crippen molar-refractivity contribution in [3.63, 3.8) is 0 Å². The maximum Gasteiger partial charge on any atom is 0.262 e. The smallest absolute Gasteiger partial charge is 0.262 e. The van der Waals surface area contributed by atoms with Crippen LogP contribution in [0.5, 0.6) is 0 Å². The van der Waals surface area contributed by atoms with Crippen LogP contribution in [-0.4, -0.2) is 40.5 Å². The Bertz CT molecular complexity index is 1060. The van der Waals surface area contributed by atoms with Crippen LogP contribution in [0.15, 0.2) is 51.3 Å². The van der Waals surface area contributed by atoms with Crippen molar-refractivity contribution in [2.45, 2.75) is 24.2 Å². The van der Waals surface area contributed by atoms with E-state index < -0.39 is 15.9 Å². The minimum absolute atomic E-state index is 0.00718. The number of sulfonamides is 1. The van der Waals surface area contributed by atoms with Crippen molar-refractivity contribution < 1.29 is 22.5 Å². The summed E-state index contributed by atoms with van der Waals surface area (Å²) in [6.07, 6.45) is 5.11. The molecule has 3 rings (SSSR count). The second-order valence-electron chi connectivity index (χ2n) is 7.26. The van der Waals surface area contributed by atoms with E-state index in [1.165, 1.54) is 42.4 Å². The number of rotatable bonds is 7. The highest BCUT2D eigenvalue weighted by atomic mass is 32.2. The van der Waals surface area contributed by atoms with E-state index in [-0.39, 0.29) is 10.5 Å². The Morgan fingerprint density at radius 2 is 1.87 bits per heavy atom. The van der Waals surface area contributed by atoms with Gasteiger partial charge in [0, 0.05) is 11.6 Å². The van der Waals surface area contributed by atoms with Crippen LogP contribution in [0.1, 0.15) is 25.0 Å². The predicted octanol–water partition coefficient (Wildman–Crippen LogP) is 0.686. The summed E-state index contributed by atoms with van der Waals surface area (Å²) in [7, 11) is -3.76. The number of quaternary nitrogens is 1. The monoisotopic (exact) mass is 429 g/mol. The number of nitrogens with zero attached hydrogens (tertiary/aromatic N) is 1. The summed E-state index contributed by atoms with van der Waals surface area (Å²) in [5, 5.41) is 17.2. The Labute approximate surface area is 176 Å². The molecule has 30 heavy (non-hydrogen) atoms. The van der Waals surface area contributed by atoms with E-state index in [1.807, 2.05) is 6.07 Å². The Kier molecular flexibility index (Phi) is 7.05. The molecule has 2 aromatic rings. The number of hydrogen-bond donors (Lipinski definition) is 3. The van der Waals surface area contributed by atoms with Crippen molar-refractivity contribution in [1.82, 2.24) is 5.32 Å². The Balaban J connectivity index is 1.62. The number of hydrogen-bond acceptors (Lipinski definition) is 5. The number of benzene rings is 1. The van der Waals surface area contributed by atoms with E-state index in [0.717, 1.165) is 19.6 Å². The topological polar surface area (TPSA) is 131 Å². The van der Waals surface area contributed by atoms with Gasteiger partial charge in [-0.05, 0) is 55.7 Å². The lowest BCUT2D eigenvalue weighted by Crippen LogP contribution is -3.13. The number of amides is 1. The fourth-order valence-corrected chi connectivity index (χ4v) is 3.95. The zero-order valence-corrected chi connectivity index (χ0v) is 17.4. The maximum absolute atomic E-state index is 12.3. The van der Waals surface area contributed by atoms with Gasteiger partial charge in [-0.2, -0.15) is 5.26 Å². The first-order valence-corrected chi connectivity index (χ1v) is 11.4. The predicted molar refractivity (Wildman–Crippen MR) is 112 cm³/mol. The molecule has 0 spiro atoms. The van der Waals surface area contributed by atoms with Crippen LogP contribution in [-0.2, 0) is 14.8 Å². The molecule has 4 N–H and O–H groups in total. The first kappa shape index (κ1) is 21.8. The number of nitriles is 1. The molecule has 9 heteroatoms. The molecular weight excluding hydrogens is 404 g/mol. The lowest BCUT2D eigenvalue weighted by atomic mass is 10.1. The molecule has 0 aliphatic carbocycles. The van der Waals surface area contributed by atoms with Gasteiger partial charge in [0.25, 0.3) is 5.91 Å². The Morgan fingerprint density at radius 1 is 1.17 bits per heavy atom. The molecule has 0 radical (unpaired) electrons. The molecule has 1 aliphatic heterocycles. The van der Waals surface area contributed by atoms with E-state index in [9.17, 15) is 18.5 Å². The average Bonchev–Trinajstić information content (AvgIpc) is 3.21. The van der Waals surface area contributed by atoms with Crippen molar-refractivity contribution in [3.05, 3.63) is 47.7 Å². The van der Waals surface area contributed by atoms with Crippen LogP contribution < -0.4 is 15.4 Å². The molecule has 1 aromatic heterocycles. The van der Waals surface area contributed by atoms with Gasteiger partial charge in [0.05, 0.1) is 31.1 Å². The largest absolute Gasteiger partial charge is 0.457 e. The van der Waals surface area contributed by atoms with Crippen LogP contribution >= 0.6 is 0 Å². The number of piperidine rings is 1. The minimum Gasteiger partial charge on any atom is -0.457 e. The number of carbonyl (C=O) groups is 1. The number of nitrogens with two attached hydrogens (primary N) is 1. The van der Waals surface area contributed by atoms with Crippen LogP contribution in [0.25, 0.3) is 17.4 Å². The molecule has 0 saturated carbocycles. The maximum atomic E-state index is 12.3. The van der Waals surface area contributed by atoms with E-state index in [0.29, 0.717) is 23.6 Å². The van der Waals surface area contributed by atoms with Crippen molar-refractivity contribution in [2.75, 3.05) is 26.2 Å². The SMILES string of the molecule is N#C/C(=C\c1ccc(-c2ccc(S(N)(=O)=O)cc2)o1)C(=O)NCC[NH+]1CCCCC1. The number of primary sulfonamides is 1. The molecule has 0 atom stereocenters. The van der Waals surface area contributed by atoms with Crippen LogP contribution in [0.3, 0.4) is 0 Å². The molecule has 0 bridgehead atoms. The number of furan rings is 1. The van der Waals surface area contributed by atoms with Crippen molar-refractivity contribution in [2.24, 2.45) is 5.14 Å².